The zero-order valence-corrected chi connectivity index (χ0v) is 13.8. The Kier molecular flexibility index (Phi) is 6.56. The maximum atomic E-state index is 9.51. The quantitative estimate of drug-likeness (QED) is 0.577. The van der Waals surface area contributed by atoms with E-state index in [2.05, 4.69) is 29.5 Å². The number of hydrogen-bond donors (Lipinski definition) is 3. The van der Waals surface area contributed by atoms with E-state index in [9.17, 15) is 5.11 Å². The Morgan fingerprint density at radius 1 is 1.23 bits per heavy atom. The molecule has 0 unspecified atom stereocenters. The second-order valence-electron chi connectivity index (χ2n) is 6.14. The molecule has 2 rings (SSSR count). The molecule has 22 heavy (non-hydrogen) atoms. The third-order valence-corrected chi connectivity index (χ3v) is 4.44. The first-order valence-electron chi connectivity index (χ1n) is 8.54. The first-order chi connectivity index (χ1) is 10.7. The molecule has 122 valence electrons. The number of phenols is 1. The molecular weight excluding hydrogens is 274 g/mol. The number of benzene rings is 1. The van der Waals surface area contributed by atoms with Crippen molar-refractivity contribution in [2.75, 3.05) is 6.54 Å². The van der Waals surface area contributed by atoms with Crippen molar-refractivity contribution in [2.24, 2.45) is 10.9 Å². The summed E-state index contributed by atoms with van der Waals surface area (Å²) in [5, 5.41) is 16.4. The minimum Gasteiger partial charge on any atom is -0.508 e. The second kappa shape index (κ2) is 8.66. The van der Waals surface area contributed by atoms with Crippen molar-refractivity contribution < 1.29 is 5.11 Å². The highest BCUT2D eigenvalue weighted by atomic mass is 16.3. The van der Waals surface area contributed by atoms with E-state index >= 15 is 0 Å². The first kappa shape index (κ1) is 16.7. The van der Waals surface area contributed by atoms with Gasteiger partial charge in [-0.05, 0) is 56.2 Å². The Bertz CT molecular complexity index is 479. The molecule has 1 aromatic rings. The van der Waals surface area contributed by atoms with Crippen molar-refractivity contribution in [2.45, 2.75) is 58.5 Å². The highest BCUT2D eigenvalue weighted by Gasteiger charge is 2.20. The minimum atomic E-state index is 0.295. The summed E-state index contributed by atoms with van der Waals surface area (Å²) >= 11 is 0. The number of guanidine groups is 1. The van der Waals surface area contributed by atoms with E-state index in [-0.39, 0.29) is 0 Å². The average molecular weight is 303 g/mol. The zero-order valence-electron chi connectivity index (χ0n) is 13.8. The van der Waals surface area contributed by atoms with Crippen LogP contribution < -0.4 is 10.6 Å². The molecule has 3 N–H and O–H groups in total. The molecule has 0 radical (unpaired) electrons. The van der Waals surface area contributed by atoms with E-state index in [4.69, 9.17) is 0 Å². The molecule has 0 spiro atoms. The molecule has 4 heteroatoms. The molecule has 0 saturated heterocycles. The maximum Gasteiger partial charge on any atom is 0.191 e. The molecule has 1 saturated carbocycles. The van der Waals surface area contributed by atoms with Gasteiger partial charge >= 0.3 is 0 Å². The number of hydrogen-bond acceptors (Lipinski definition) is 2. The first-order valence-corrected chi connectivity index (χ1v) is 8.54. The summed E-state index contributed by atoms with van der Waals surface area (Å²) in [5.74, 6) is 2.08. The van der Waals surface area contributed by atoms with E-state index < -0.39 is 0 Å². The minimum absolute atomic E-state index is 0.295. The Balaban J connectivity index is 1.90. The molecule has 1 aromatic carbocycles. The number of aliphatic imine (C=N–C) groups is 1. The monoisotopic (exact) mass is 303 g/mol. The average Bonchev–Trinajstić information content (AvgIpc) is 2.54. The second-order valence-corrected chi connectivity index (χ2v) is 6.14. The molecule has 0 heterocycles. The summed E-state index contributed by atoms with van der Waals surface area (Å²) in [7, 11) is 0. The van der Waals surface area contributed by atoms with Crippen LogP contribution in [-0.2, 0) is 6.54 Å². The van der Waals surface area contributed by atoms with Crippen LogP contribution in [0.1, 0.15) is 51.5 Å². The van der Waals surface area contributed by atoms with Crippen molar-refractivity contribution >= 4 is 5.96 Å². The van der Waals surface area contributed by atoms with Gasteiger partial charge in [0.1, 0.15) is 5.75 Å². The molecule has 0 atom stereocenters. The molecule has 0 aromatic heterocycles. The van der Waals surface area contributed by atoms with Gasteiger partial charge < -0.3 is 15.7 Å². The van der Waals surface area contributed by atoms with Gasteiger partial charge in [0.2, 0.25) is 0 Å². The van der Waals surface area contributed by atoms with Gasteiger partial charge in [0, 0.05) is 12.6 Å². The topological polar surface area (TPSA) is 56.7 Å². The SMILES string of the molecule is CCNC(=NCc1cccc(O)c1)NC1CCC(CC)CC1. The van der Waals surface area contributed by atoms with Crippen molar-refractivity contribution in [3.05, 3.63) is 29.8 Å². The van der Waals surface area contributed by atoms with Gasteiger partial charge in [-0.25, -0.2) is 4.99 Å². The fourth-order valence-corrected chi connectivity index (χ4v) is 3.05. The number of rotatable bonds is 5. The van der Waals surface area contributed by atoms with Crippen LogP contribution in [0.4, 0.5) is 0 Å². The van der Waals surface area contributed by atoms with E-state index in [1.54, 1.807) is 12.1 Å². The summed E-state index contributed by atoms with van der Waals surface area (Å²) < 4.78 is 0. The lowest BCUT2D eigenvalue weighted by Gasteiger charge is -2.29. The fraction of sp³-hybridized carbons (Fsp3) is 0.611. The number of nitrogens with zero attached hydrogens (tertiary/aromatic N) is 1. The van der Waals surface area contributed by atoms with Gasteiger partial charge in [-0.15, -0.1) is 0 Å². The van der Waals surface area contributed by atoms with Crippen LogP contribution in [0.5, 0.6) is 5.75 Å². The summed E-state index contributed by atoms with van der Waals surface area (Å²) in [6, 6.07) is 7.82. The van der Waals surface area contributed by atoms with E-state index in [0.717, 1.165) is 24.0 Å². The lowest BCUT2D eigenvalue weighted by Crippen LogP contribution is -2.44. The molecule has 4 nitrogen and oxygen atoms in total. The molecule has 0 bridgehead atoms. The van der Waals surface area contributed by atoms with E-state index in [1.165, 1.54) is 32.1 Å². The third-order valence-electron chi connectivity index (χ3n) is 4.44. The van der Waals surface area contributed by atoms with Gasteiger partial charge in [-0.2, -0.15) is 0 Å². The van der Waals surface area contributed by atoms with Crippen LogP contribution in [0.15, 0.2) is 29.3 Å². The Morgan fingerprint density at radius 3 is 2.64 bits per heavy atom. The van der Waals surface area contributed by atoms with Crippen molar-refractivity contribution in [3.8, 4) is 5.75 Å². The predicted molar refractivity (Wildman–Crippen MR) is 92.1 cm³/mol. The fourth-order valence-electron chi connectivity index (χ4n) is 3.05. The smallest absolute Gasteiger partial charge is 0.191 e. The lowest BCUT2D eigenvalue weighted by atomic mass is 9.84. The normalized spacial score (nSPS) is 22.4. The van der Waals surface area contributed by atoms with Gasteiger partial charge in [0.05, 0.1) is 6.54 Å². The Hall–Kier alpha value is -1.71. The van der Waals surface area contributed by atoms with Gasteiger partial charge in [-0.1, -0.05) is 25.5 Å². The number of phenolic OH excluding ortho intramolecular Hbond substituents is 1. The van der Waals surface area contributed by atoms with Gasteiger partial charge in [0.15, 0.2) is 5.96 Å². The summed E-state index contributed by atoms with van der Waals surface area (Å²) in [5.41, 5.74) is 1.02. The zero-order chi connectivity index (χ0) is 15.8. The standard InChI is InChI=1S/C18H29N3O/c1-3-14-8-10-16(11-9-14)21-18(19-4-2)20-13-15-6-5-7-17(22)12-15/h5-7,12,14,16,22H,3-4,8-11,13H2,1-2H3,(H2,19,20,21). The maximum absolute atomic E-state index is 9.51. The van der Waals surface area contributed by atoms with Crippen LogP contribution in [0.3, 0.4) is 0 Å². The predicted octanol–water partition coefficient (Wildman–Crippen LogP) is 3.42. The highest BCUT2D eigenvalue weighted by Crippen LogP contribution is 2.26. The van der Waals surface area contributed by atoms with Crippen molar-refractivity contribution in [1.29, 1.82) is 0 Å². The molecule has 1 fully saturated rings. The van der Waals surface area contributed by atoms with Crippen LogP contribution in [0.2, 0.25) is 0 Å². The summed E-state index contributed by atoms with van der Waals surface area (Å²) in [6.07, 6.45) is 6.41. The van der Waals surface area contributed by atoms with Crippen LogP contribution in [0.25, 0.3) is 0 Å². The Morgan fingerprint density at radius 2 is 2.00 bits per heavy atom. The summed E-state index contributed by atoms with van der Waals surface area (Å²) in [4.78, 5) is 4.64. The van der Waals surface area contributed by atoms with Crippen molar-refractivity contribution in [3.63, 3.8) is 0 Å². The van der Waals surface area contributed by atoms with Crippen LogP contribution in [-0.4, -0.2) is 23.7 Å². The summed E-state index contributed by atoms with van der Waals surface area (Å²) in [6.45, 7) is 5.81. The van der Waals surface area contributed by atoms with Crippen LogP contribution >= 0.6 is 0 Å². The molecular formula is C18H29N3O. The number of aromatic hydroxyl groups is 1. The largest absolute Gasteiger partial charge is 0.508 e. The van der Waals surface area contributed by atoms with Gasteiger partial charge in [0.25, 0.3) is 0 Å². The Labute approximate surface area is 134 Å². The van der Waals surface area contributed by atoms with Crippen molar-refractivity contribution in [1.82, 2.24) is 10.6 Å². The highest BCUT2D eigenvalue weighted by molar-refractivity contribution is 5.80. The lowest BCUT2D eigenvalue weighted by molar-refractivity contribution is 0.304. The molecule has 1 aliphatic carbocycles. The number of nitrogens with one attached hydrogen (secondary N) is 2. The van der Waals surface area contributed by atoms with E-state index in [0.29, 0.717) is 18.3 Å². The molecule has 1 aliphatic rings. The van der Waals surface area contributed by atoms with Gasteiger partial charge in [-0.3, -0.25) is 0 Å². The van der Waals surface area contributed by atoms with E-state index in [1.807, 2.05) is 12.1 Å². The molecule has 0 aliphatic heterocycles. The molecule has 0 amide bonds. The van der Waals surface area contributed by atoms with Crippen LogP contribution in [0, 0.1) is 5.92 Å². The third kappa shape index (κ3) is 5.24.